The number of sulfonamides is 1. The minimum Gasteiger partial charge on any atom is -0.369 e. The second kappa shape index (κ2) is 7.77. The molecule has 0 aliphatic heterocycles. The lowest BCUT2D eigenvalue weighted by Crippen LogP contribution is -2.29. The van der Waals surface area contributed by atoms with Crippen LogP contribution >= 0.6 is 0 Å². The molecule has 0 spiro atoms. The molecule has 0 bridgehead atoms. The van der Waals surface area contributed by atoms with Crippen molar-refractivity contribution in [1.29, 1.82) is 0 Å². The zero-order valence-electron chi connectivity index (χ0n) is 15.0. The molecule has 0 fully saturated rings. The maximum atomic E-state index is 13.9. The number of rotatable bonds is 5. The molecule has 3 rings (SSSR count). The summed E-state index contributed by atoms with van der Waals surface area (Å²) in [5, 5.41) is 0. The van der Waals surface area contributed by atoms with E-state index >= 15 is 0 Å². The molecule has 1 aromatic heterocycles. The average Bonchev–Trinajstić information content (AvgIpc) is 2.65. The van der Waals surface area contributed by atoms with E-state index in [0.717, 1.165) is 17.8 Å². The van der Waals surface area contributed by atoms with Crippen LogP contribution in [0, 0.1) is 12.7 Å². The number of primary amides is 1. The van der Waals surface area contributed by atoms with E-state index in [1.165, 1.54) is 12.1 Å². The van der Waals surface area contributed by atoms with Crippen LogP contribution in [-0.2, 0) is 14.8 Å². The minimum atomic E-state index is -4.09. The van der Waals surface area contributed by atoms with Gasteiger partial charge in [-0.05, 0) is 30.7 Å². The number of nitrogens with zero attached hydrogens (tertiary/aromatic N) is 1. The van der Waals surface area contributed by atoms with E-state index < -0.39 is 27.7 Å². The summed E-state index contributed by atoms with van der Waals surface area (Å²) in [7, 11) is -4.09. The Kier molecular flexibility index (Phi) is 5.41. The number of aryl methyl sites for hydroxylation is 1. The number of hydrogen-bond acceptors (Lipinski definition) is 3. The quantitative estimate of drug-likeness (QED) is 0.688. The molecule has 3 N–H and O–H groups in total. The maximum Gasteiger partial charge on any atom is 0.284 e. The van der Waals surface area contributed by atoms with Crippen molar-refractivity contribution >= 4 is 15.9 Å². The number of carbonyl (C=O) groups is 1. The Hall–Kier alpha value is -3.26. The van der Waals surface area contributed by atoms with Gasteiger partial charge in [0, 0.05) is 11.8 Å². The number of carbonyl (C=O) groups excluding carboxylic acids is 1. The van der Waals surface area contributed by atoms with E-state index in [-0.39, 0.29) is 15.9 Å². The molecular formula is C20H18FN3O3S. The smallest absolute Gasteiger partial charge is 0.284 e. The Morgan fingerprint density at radius 2 is 1.75 bits per heavy atom. The molecule has 8 heteroatoms. The van der Waals surface area contributed by atoms with E-state index in [4.69, 9.17) is 5.73 Å². The van der Waals surface area contributed by atoms with Crippen molar-refractivity contribution in [3.8, 4) is 0 Å². The lowest BCUT2D eigenvalue weighted by Gasteiger charge is -2.14. The fourth-order valence-corrected chi connectivity index (χ4v) is 3.79. The third-order valence-electron chi connectivity index (χ3n) is 4.17. The van der Waals surface area contributed by atoms with Gasteiger partial charge in [0.05, 0.1) is 10.8 Å². The fourth-order valence-electron chi connectivity index (χ4n) is 2.80. The highest BCUT2D eigenvalue weighted by Crippen LogP contribution is 2.22. The Balaban J connectivity index is 2.22. The first kappa shape index (κ1) is 19.5. The standard InChI is InChI=1S/C20H18FN3O3S/c1-13-7-9-16(10-8-13)28(26,27)24-20-17(11-15(21)12-23-20)18(19(22)25)14-5-3-2-4-6-14/h2-12,18H,1H3,(H2,22,25)(H,23,24). The van der Waals surface area contributed by atoms with Crippen LogP contribution < -0.4 is 11.2 Å². The molecule has 6 nitrogen and oxygen atoms in total. The first-order chi connectivity index (χ1) is 13.3. The third kappa shape index (κ3) is 4.17. The van der Waals surface area contributed by atoms with E-state index in [9.17, 15) is 17.6 Å². The molecule has 0 saturated carbocycles. The van der Waals surface area contributed by atoms with Gasteiger partial charge in [0.15, 0.2) is 0 Å². The largest absolute Gasteiger partial charge is 0.369 e. The number of aromatic nitrogens is 1. The number of nitrogens with two attached hydrogens (primary N) is 1. The van der Waals surface area contributed by atoms with Crippen LogP contribution in [0.4, 0.5) is 4.39 Å². The van der Waals surface area contributed by atoms with Crippen molar-refractivity contribution in [2.24, 2.45) is 10.1 Å². The number of aromatic amines is 1. The lowest BCUT2D eigenvalue weighted by atomic mass is 9.91. The summed E-state index contributed by atoms with van der Waals surface area (Å²) in [5.41, 5.74) is 6.82. The summed E-state index contributed by atoms with van der Waals surface area (Å²) in [6.45, 7) is 1.83. The van der Waals surface area contributed by atoms with Crippen molar-refractivity contribution in [2.45, 2.75) is 17.7 Å². The monoisotopic (exact) mass is 399 g/mol. The van der Waals surface area contributed by atoms with Gasteiger partial charge in [-0.1, -0.05) is 48.0 Å². The van der Waals surface area contributed by atoms with Gasteiger partial charge >= 0.3 is 0 Å². The van der Waals surface area contributed by atoms with Gasteiger partial charge in [-0.3, -0.25) is 4.79 Å². The first-order valence-corrected chi connectivity index (χ1v) is 9.82. The average molecular weight is 399 g/mol. The molecule has 1 atom stereocenters. The zero-order chi connectivity index (χ0) is 20.3. The summed E-state index contributed by atoms with van der Waals surface area (Å²) in [5.74, 6) is -2.50. The maximum absolute atomic E-state index is 13.9. The molecule has 144 valence electrons. The van der Waals surface area contributed by atoms with Crippen LogP contribution in [-0.4, -0.2) is 19.3 Å². The molecular weight excluding hydrogens is 381 g/mol. The second-order valence-electron chi connectivity index (χ2n) is 6.25. The summed E-state index contributed by atoms with van der Waals surface area (Å²) in [4.78, 5) is 14.6. The topological polar surface area (TPSA) is 105 Å². The summed E-state index contributed by atoms with van der Waals surface area (Å²) >= 11 is 0. The van der Waals surface area contributed by atoms with E-state index in [2.05, 4.69) is 9.38 Å². The first-order valence-electron chi connectivity index (χ1n) is 8.38. The highest BCUT2D eigenvalue weighted by Gasteiger charge is 2.24. The number of benzene rings is 2. The van der Waals surface area contributed by atoms with E-state index in [1.54, 1.807) is 42.5 Å². The van der Waals surface area contributed by atoms with Gasteiger partial charge in [-0.2, -0.15) is 8.42 Å². The molecule has 1 amide bonds. The molecule has 2 aromatic carbocycles. The van der Waals surface area contributed by atoms with Crippen LogP contribution in [0.15, 0.2) is 76.2 Å². The van der Waals surface area contributed by atoms with Crippen molar-refractivity contribution in [1.82, 2.24) is 4.98 Å². The van der Waals surface area contributed by atoms with Gasteiger partial charge in [0.2, 0.25) is 5.91 Å². The van der Waals surface area contributed by atoms with Gasteiger partial charge < -0.3 is 10.7 Å². The van der Waals surface area contributed by atoms with Crippen LogP contribution in [0.1, 0.15) is 22.6 Å². The molecule has 0 saturated heterocycles. The Bertz CT molecular complexity index is 1170. The predicted octanol–water partition coefficient (Wildman–Crippen LogP) is 2.37. The molecule has 0 aliphatic rings. The van der Waals surface area contributed by atoms with Crippen LogP contribution in [0.5, 0.6) is 0 Å². The fraction of sp³-hybridized carbons (Fsp3) is 0.100. The van der Waals surface area contributed by atoms with E-state index in [0.29, 0.717) is 5.56 Å². The molecule has 3 aromatic rings. The summed E-state index contributed by atoms with van der Waals surface area (Å²) < 4.78 is 43.1. The molecule has 0 radical (unpaired) electrons. The Labute approximate surface area is 161 Å². The lowest BCUT2D eigenvalue weighted by molar-refractivity contribution is -0.118. The van der Waals surface area contributed by atoms with Gasteiger partial charge in [0.1, 0.15) is 11.3 Å². The van der Waals surface area contributed by atoms with Crippen molar-refractivity contribution in [3.63, 3.8) is 0 Å². The number of H-pyrrole nitrogens is 1. The number of nitrogens with one attached hydrogen (secondary N) is 1. The van der Waals surface area contributed by atoms with Crippen LogP contribution in [0.2, 0.25) is 0 Å². The Morgan fingerprint density at radius 1 is 1.11 bits per heavy atom. The third-order valence-corrected chi connectivity index (χ3v) is 5.46. The predicted molar refractivity (Wildman–Crippen MR) is 102 cm³/mol. The Morgan fingerprint density at radius 3 is 2.36 bits per heavy atom. The van der Waals surface area contributed by atoms with Crippen molar-refractivity contribution in [3.05, 3.63) is 94.9 Å². The molecule has 1 heterocycles. The van der Waals surface area contributed by atoms with Crippen molar-refractivity contribution in [2.75, 3.05) is 0 Å². The molecule has 0 aliphatic carbocycles. The number of halogens is 1. The highest BCUT2D eigenvalue weighted by molar-refractivity contribution is 7.90. The number of hydrogen-bond donors (Lipinski definition) is 2. The van der Waals surface area contributed by atoms with Crippen LogP contribution in [0.25, 0.3) is 0 Å². The SMILES string of the molecule is Cc1ccc(S(=O)(=O)N=c2[nH]cc(F)cc2C(C(N)=O)c2ccccc2)cc1. The van der Waals surface area contributed by atoms with Gasteiger partial charge in [0.25, 0.3) is 10.0 Å². The van der Waals surface area contributed by atoms with Crippen LogP contribution in [0.3, 0.4) is 0 Å². The molecule has 1 unspecified atom stereocenters. The van der Waals surface area contributed by atoms with Crippen molar-refractivity contribution < 1.29 is 17.6 Å². The normalized spacial score (nSPS) is 13.3. The summed E-state index contributed by atoms with van der Waals surface area (Å²) in [6, 6.07) is 15.7. The zero-order valence-corrected chi connectivity index (χ0v) is 15.8. The second-order valence-corrected chi connectivity index (χ2v) is 7.85. The molecule has 28 heavy (non-hydrogen) atoms. The van der Waals surface area contributed by atoms with Gasteiger partial charge in [-0.15, -0.1) is 4.40 Å². The number of pyridine rings is 1. The van der Waals surface area contributed by atoms with Gasteiger partial charge in [-0.25, -0.2) is 4.39 Å². The van der Waals surface area contributed by atoms with E-state index in [1.807, 2.05) is 6.92 Å². The minimum absolute atomic E-state index is 0.0166. The summed E-state index contributed by atoms with van der Waals surface area (Å²) in [6.07, 6.45) is 0.968. The highest BCUT2D eigenvalue weighted by atomic mass is 32.2. The number of amides is 1.